The van der Waals surface area contributed by atoms with Crippen molar-refractivity contribution in [2.45, 2.75) is 20.5 Å². The van der Waals surface area contributed by atoms with Gasteiger partial charge in [0.15, 0.2) is 11.6 Å². The molecule has 170 valence electrons. The van der Waals surface area contributed by atoms with Gasteiger partial charge in [-0.15, -0.1) is 0 Å². The summed E-state index contributed by atoms with van der Waals surface area (Å²) in [7, 11) is 1.72. The first-order chi connectivity index (χ1) is 16.0. The average molecular weight is 445 g/mol. The van der Waals surface area contributed by atoms with E-state index in [0.29, 0.717) is 23.6 Å². The molecule has 0 radical (unpaired) electrons. The molecule has 3 aromatic rings. The Morgan fingerprint density at radius 1 is 1.12 bits per heavy atom. The zero-order valence-corrected chi connectivity index (χ0v) is 19.1. The number of nitrogens with zero attached hydrogens (tertiary/aromatic N) is 3. The number of para-hydroxylation sites is 1. The number of hydrogen-bond acceptors (Lipinski definition) is 6. The molecular weight excluding hydrogens is 416 g/mol. The summed E-state index contributed by atoms with van der Waals surface area (Å²) in [6, 6.07) is 15.1. The Balaban J connectivity index is 1.60. The van der Waals surface area contributed by atoms with E-state index < -0.39 is 0 Å². The van der Waals surface area contributed by atoms with Gasteiger partial charge in [0.2, 0.25) is 5.91 Å². The van der Waals surface area contributed by atoms with Gasteiger partial charge in [0.1, 0.15) is 18.1 Å². The van der Waals surface area contributed by atoms with Crippen LogP contribution >= 0.6 is 0 Å². The van der Waals surface area contributed by atoms with Crippen molar-refractivity contribution in [3.8, 4) is 11.5 Å². The van der Waals surface area contributed by atoms with Crippen LogP contribution in [-0.4, -0.2) is 34.4 Å². The minimum atomic E-state index is -0.171. The topological polar surface area (TPSA) is 90.6 Å². The van der Waals surface area contributed by atoms with E-state index in [1.54, 1.807) is 36.5 Å². The number of amides is 1. The number of nitrogen functional groups attached to an aromatic ring is 1. The van der Waals surface area contributed by atoms with Crippen molar-refractivity contribution in [1.29, 1.82) is 0 Å². The van der Waals surface area contributed by atoms with E-state index in [0.717, 1.165) is 17.0 Å². The molecule has 33 heavy (non-hydrogen) atoms. The predicted molar refractivity (Wildman–Crippen MR) is 129 cm³/mol. The molecule has 0 saturated heterocycles. The van der Waals surface area contributed by atoms with Crippen LogP contribution in [0.5, 0.6) is 11.5 Å². The highest BCUT2D eigenvalue weighted by Gasteiger charge is 2.11. The fourth-order valence-electron chi connectivity index (χ4n) is 2.91. The fraction of sp³-hybridized carbons (Fsp3) is 0.192. The number of pyridine rings is 2. The second-order valence-electron chi connectivity index (χ2n) is 7.41. The highest BCUT2D eigenvalue weighted by Crippen LogP contribution is 2.22. The zero-order chi connectivity index (χ0) is 23.6. The standard InChI is InChI=1S/C26H28N4O3/c1-4-22(33-23-11-6-5-9-19(23)2)17-30(3)25(31)13-12-20-15-24(26(27)29-16-20)32-18-21-10-7-8-14-28-21/h4-16H,17-18H2,1-3H3,(H2,27,29)/b13-12+,22-4+. The van der Waals surface area contributed by atoms with Crippen LogP contribution in [0.25, 0.3) is 6.08 Å². The van der Waals surface area contributed by atoms with E-state index in [1.807, 2.05) is 62.4 Å². The lowest BCUT2D eigenvalue weighted by molar-refractivity contribution is -0.124. The van der Waals surface area contributed by atoms with Crippen molar-refractivity contribution < 1.29 is 14.3 Å². The Kier molecular flexibility index (Phi) is 8.18. The number of allylic oxidation sites excluding steroid dienone is 1. The summed E-state index contributed by atoms with van der Waals surface area (Å²) in [5, 5.41) is 0. The van der Waals surface area contributed by atoms with Crippen molar-refractivity contribution in [2.75, 3.05) is 19.3 Å². The van der Waals surface area contributed by atoms with Gasteiger partial charge in [-0.05, 0) is 61.4 Å². The highest BCUT2D eigenvalue weighted by molar-refractivity contribution is 5.91. The molecule has 0 aliphatic rings. The number of carbonyl (C=O) groups excluding carboxylic acids is 1. The second-order valence-corrected chi connectivity index (χ2v) is 7.41. The van der Waals surface area contributed by atoms with Gasteiger partial charge in [-0.25, -0.2) is 4.98 Å². The number of rotatable bonds is 9. The molecule has 0 bridgehead atoms. The molecule has 1 aromatic carbocycles. The van der Waals surface area contributed by atoms with Crippen LogP contribution in [0.3, 0.4) is 0 Å². The van der Waals surface area contributed by atoms with Crippen molar-refractivity contribution in [3.05, 3.63) is 95.7 Å². The van der Waals surface area contributed by atoms with E-state index >= 15 is 0 Å². The van der Waals surface area contributed by atoms with Gasteiger partial charge in [-0.1, -0.05) is 24.3 Å². The molecule has 0 fully saturated rings. The zero-order valence-electron chi connectivity index (χ0n) is 19.1. The predicted octanol–water partition coefficient (Wildman–Crippen LogP) is 4.40. The molecule has 2 N–H and O–H groups in total. The minimum Gasteiger partial charge on any atom is -0.483 e. The van der Waals surface area contributed by atoms with E-state index in [1.165, 1.54) is 6.08 Å². The summed E-state index contributed by atoms with van der Waals surface area (Å²) in [4.78, 5) is 22.6. The molecule has 0 spiro atoms. The third kappa shape index (κ3) is 6.93. The van der Waals surface area contributed by atoms with Gasteiger partial charge in [-0.2, -0.15) is 0 Å². The Bertz CT molecular complexity index is 1140. The lowest BCUT2D eigenvalue weighted by Crippen LogP contribution is -2.28. The maximum absolute atomic E-state index is 12.6. The number of likely N-dealkylation sites (N-methyl/N-ethyl adjacent to an activating group) is 1. The molecule has 0 aliphatic carbocycles. The first-order valence-electron chi connectivity index (χ1n) is 10.6. The number of ether oxygens (including phenoxy) is 2. The van der Waals surface area contributed by atoms with Gasteiger partial charge in [0.05, 0.1) is 12.2 Å². The lowest BCUT2D eigenvalue weighted by Gasteiger charge is -2.18. The summed E-state index contributed by atoms with van der Waals surface area (Å²) < 4.78 is 11.7. The van der Waals surface area contributed by atoms with Gasteiger partial charge in [-0.3, -0.25) is 9.78 Å². The van der Waals surface area contributed by atoms with Crippen LogP contribution in [0.2, 0.25) is 0 Å². The van der Waals surface area contributed by atoms with Crippen molar-refractivity contribution in [3.63, 3.8) is 0 Å². The lowest BCUT2D eigenvalue weighted by atomic mass is 10.2. The van der Waals surface area contributed by atoms with E-state index in [4.69, 9.17) is 15.2 Å². The van der Waals surface area contributed by atoms with Crippen molar-refractivity contribution in [2.24, 2.45) is 0 Å². The molecule has 7 heteroatoms. The summed E-state index contributed by atoms with van der Waals surface area (Å²) in [6.07, 6.45) is 8.31. The number of aromatic nitrogens is 2. The summed E-state index contributed by atoms with van der Waals surface area (Å²) in [6.45, 7) is 4.48. The highest BCUT2D eigenvalue weighted by atomic mass is 16.5. The van der Waals surface area contributed by atoms with E-state index in [9.17, 15) is 4.79 Å². The van der Waals surface area contributed by atoms with Gasteiger partial charge < -0.3 is 20.1 Å². The molecule has 2 aromatic heterocycles. The summed E-state index contributed by atoms with van der Waals surface area (Å²) in [5.74, 6) is 2.00. The Morgan fingerprint density at radius 3 is 2.64 bits per heavy atom. The molecule has 0 aliphatic heterocycles. The third-order valence-corrected chi connectivity index (χ3v) is 4.85. The fourth-order valence-corrected chi connectivity index (χ4v) is 2.91. The van der Waals surface area contributed by atoms with E-state index in [-0.39, 0.29) is 18.3 Å². The summed E-state index contributed by atoms with van der Waals surface area (Å²) in [5.41, 5.74) is 8.43. The molecule has 2 heterocycles. The van der Waals surface area contributed by atoms with Gasteiger partial charge in [0.25, 0.3) is 0 Å². The van der Waals surface area contributed by atoms with Gasteiger partial charge >= 0.3 is 0 Å². The number of anilines is 1. The molecule has 0 saturated carbocycles. The number of benzene rings is 1. The average Bonchev–Trinajstić information content (AvgIpc) is 2.83. The quantitative estimate of drug-likeness (QED) is 0.389. The van der Waals surface area contributed by atoms with E-state index in [2.05, 4.69) is 9.97 Å². The maximum atomic E-state index is 12.6. The first-order valence-corrected chi connectivity index (χ1v) is 10.6. The molecule has 0 unspecified atom stereocenters. The van der Waals surface area contributed by atoms with Crippen LogP contribution in [0.1, 0.15) is 23.7 Å². The van der Waals surface area contributed by atoms with Crippen molar-refractivity contribution >= 4 is 17.8 Å². The number of nitrogens with two attached hydrogens (primary N) is 1. The van der Waals surface area contributed by atoms with Gasteiger partial charge in [0, 0.05) is 25.5 Å². The van der Waals surface area contributed by atoms with Crippen LogP contribution < -0.4 is 15.2 Å². The Labute approximate surface area is 194 Å². The maximum Gasteiger partial charge on any atom is 0.246 e. The molecular formula is C26H28N4O3. The van der Waals surface area contributed by atoms with Crippen LogP contribution in [0.4, 0.5) is 5.82 Å². The molecule has 0 atom stereocenters. The van der Waals surface area contributed by atoms with Crippen LogP contribution in [0, 0.1) is 6.92 Å². The smallest absolute Gasteiger partial charge is 0.246 e. The molecule has 7 nitrogen and oxygen atoms in total. The minimum absolute atomic E-state index is 0.171. The first kappa shape index (κ1) is 23.5. The van der Waals surface area contributed by atoms with Crippen LogP contribution in [-0.2, 0) is 11.4 Å². The number of carbonyl (C=O) groups is 1. The summed E-state index contributed by atoms with van der Waals surface area (Å²) >= 11 is 0. The Morgan fingerprint density at radius 2 is 1.91 bits per heavy atom. The van der Waals surface area contributed by atoms with Crippen LogP contribution in [0.15, 0.2) is 78.8 Å². The largest absolute Gasteiger partial charge is 0.483 e. The monoisotopic (exact) mass is 444 g/mol. The second kappa shape index (κ2) is 11.5. The number of hydrogen-bond donors (Lipinski definition) is 1. The molecule has 1 amide bonds. The SMILES string of the molecule is C/C=C(\CN(C)C(=O)/C=C/c1cnc(N)c(OCc2ccccn2)c1)Oc1ccccc1C. The normalized spacial score (nSPS) is 11.4. The Hall–Kier alpha value is -4.13. The molecule has 3 rings (SSSR count). The number of aryl methyl sites for hydroxylation is 1. The van der Waals surface area contributed by atoms with Crippen molar-refractivity contribution in [1.82, 2.24) is 14.9 Å². The third-order valence-electron chi connectivity index (χ3n) is 4.85.